The van der Waals surface area contributed by atoms with E-state index in [2.05, 4.69) is 5.32 Å². The van der Waals surface area contributed by atoms with E-state index < -0.39 is 0 Å². The maximum absolute atomic E-state index is 12.0. The number of amides is 1. The quantitative estimate of drug-likeness (QED) is 0.826. The SMILES string of the molecule is O=C(CN1CCC[C@H]1CO)NCc1ccc2c(c1)OCO2. The number of rotatable bonds is 5. The highest BCUT2D eigenvalue weighted by Crippen LogP contribution is 2.32. The second kappa shape index (κ2) is 6.32. The van der Waals surface area contributed by atoms with Crippen LogP contribution in [0.3, 0.4) is 0 Å². The van der Waals surface area contributed by atoms with Gasteiger partial charge in [0.05, 0.1) is 13.2 Å². The molecular formula is C15H20N2O4. The number of aliphatic hydroxyl groups is 1. The van der Waals surface area contributed by atoms with Gasteiger partial charge in [-0.2, -0.15) is 0 Å². The molecule has 0 bridgehead atoms. The van der Waals surface area contributed by atoms with E-state index in [0.29, 0.717) is 13.1 Å². The van der Waals surface area contributed by atoms with E-state index in [4.69, 9.17) is 9.47 Å². The second-order valence-corrected chi connectivity index (χ2v) is 5.41. The molecule has 1 atom stereocenters. The van der Waals surface area contributed by atoms with Gasteiger partial charge in [-0.3, -0.25) is 9.69 Å². The molecule has 0 spiro atoms. The van der Waals surface area contributed by atoms with Crippen molar-refractivity contribution in [3.63, 3.8) is 0 Å². The number of carbonyl (C=O) groups excluding carboxylic acids is 1. The van der Waals surface area contributed by atoms with Gasteiger partial charge in [-0.15, -0.1) is 0 Å². The lowest BCUT2D eigenvalue weighted by Gasteiger charge is -2.21. The zero-order chi connectivity index (χ0) is 14.7. The summed E-state index contributed by atoms with van der Waals surface area (Å²) in [5.74, 6) is 1.45. The van der Waals surface area contributed by atoms with Crippen LogP contribution in [-0.4, -0.2) is 48.4 Å². The molecule has 6 heteroatoms. The number of fused-ring (bicyclic) bond motifs is 1. The van der Waals surface area contributed by atoms with Crippen LogP contribution in [0.25, 0.3) is 0 Å². The number of likely N-dealkylation sites (tertiary alicyclic amines) is 1. The van der Waals surface area contributed by atoms with Gasteiger partial charge in [0.25, 0.3) is 0 Å². The number of aliphatic hydroxyl groups excluding tert-OH is 1. The van der Waals surface area contributed by atoms with Crippen molar-refractivity contribution >= 4 is 5.91 Å². The Bertz CT molecular complexity index is 520. The van der Waals surface area contributed by atoms with Crippen LogP contribution < -0.4 is 14.8 Å². The third-order valence-electron chi connectivity index (χ3n) is 3.98. The number of hydrogen-bond acceptors (Lipinski definition) is 5. The summed E-state index contributed by atoms with van der Waals surface area (Å²) < 4.78 is 10.6. The predicted octanol–water partition coefficient (Wildman–Crippen LogP) is 0.488. The number of nitrogens with one attached hydrogen (secondary N) is 1. The van der Waals surface area contributed by atoms with Crippen LogP contribution in [0.2, 0.25) is 0 Å². The summed E-state index contributed by atoms with van der Waals surface area (Å²) in [7, 11) is 0. The Kier molecular flexibility index (Phi) is 4.26. The highest BCUT2D eigenvalue weighted by Gasteiger charge is 2.25. The molecule has 0 unspecified atom stereocenters. The molecule has 21 heavy (non-hydrogen) atoms. The Morgan fingerprint density at radius 1 is 1.38 bits per heavy atom. The van der Waals surface area contributed by atoms with E-state index in [-0.39, 0.29) is 25.3 Å². The van der Waals surface area contributed by atoms with Gasteiger partial charge in [-0.25, -0.2) is 0 Å². The molecule has 0 aliphatic carbocycles. The molecule has 3 rings (SSSR count). The van der Waals surface area contributed by atoms with Gasteiger partial charge in [-0.05, 0) is 37.1 Å². The average molecular weight is 292 g/mol. The lowest BCUT2D eigenvalue weighted by atomic mass is 10.2. The van der Waals surface area contributed by atoms with Crippen molar-refractivity contribution in [3.8, 4) is 11.5 Å². The molecule has 0 saturated carbocycles. The molecule has 2 heterocycles. The Morgan fingerprint density at radius 3 is 3.10 bits per heavy atom. The van der Waals surface area contributed by atoms with Crippen LogP contribution in [0.4, 0.5) is 0 Å². The van der Waals surface area contributed by atoms with Crippen molar-refractivity contribution in [3.05, 3.63) is 23.8 Å². The first kappa shape index (κ1) is 14.2. The van der Waals surface area contributed by atoms with Crippen molar-refractivity contribution in [1.29, 1.82) is 0 Å². The average Bonchev–Trinajstić information content (AvgIpc) is 3.12. The van der Waals surface area contributed by atoms with Crippen LogP contribution in [0.5, 0.6) is 11.5 Å². The number of hydrogen-bond donors (Lipinski definition) is 2. The molecule has 1 saturated heterocycles. The van der Waals surface area contributed by atoms with Gasteiger partial charge in [0.2, 0.25) is 12.7 Å². The van der Waals surface area contributed by atoms with E-state index >= 15 is 0 Å². The number of nitrogens with zero attached hydrogens (tertiary/aromatic N) is 1. The summed E-state index contributed by atoms with van der Waals surface area (Å²) in [5.41, 5.74) is 0.979. The summed E-state index contributed by atoms with van der Waals surface area (Å²) in [6.07, 6.45) is 2.01. The summed E-state index contributed by atoms with van der Waals surface area (Å²) in [4.78, 5) is 14.0. The maximum atomic E-state index is 12.0. The maximum Gasteiger partial charge on any atom is 0.234 e. The van der Waals surface area contributed by atoms with Crippen molar-refractivity contribution < 1.29 is 19.4 Å². The van der Waals surface area contributed by atoms with E-state index in [0.717, 1.165) is 36.4 Å². The van der Waals surface area contributed by atoms with E-state index in [9.17, 15) is 9.90 Å². The Morgan fingerprint density at radius 2 is 2.24 bits per heavy atom. The molecule has 0 radical (unpaired) electrons. The molecule has 114 valence electrons. The first-order valence-corrected chi connectivity index (χ1v) is 7.26. The first-order valence-electron chi connectivity index (χ1n) is 7.26. The molecule has 2 aliphatic heterocycles. The monoisotopic (exact) mass is 292 g/mol. The molecule has 2 N–H and O–H groups in total. The third kappa shape index (κ3) is 3.28. The topological polar surface area (TPSA) is 71.0 Å². The summed E-state index contributed by atoms with van der Waals surface area (Å²) in [6, 6.07) is 5.78. The minimum Gasteiger partial charge on any atom is -0.454 e. The normalized spacial score (nSPS) is 20.7. The van der Waals surface area contributed by atoms with Crippen molar-refractivity contribution in [2.24, 2.45) is 0 Å². The van der Waals surface area contributed by atoms with Gasteiger partial charge in [0.15, 0.2) is 11.5 Å². The fraction of sp³-hybridized carbons (Fsp3) is 0.533. The zero-order valence-corrected chi connectivity index (χ0v) is 11.9. The van der Waals surface area contributed by atoms with Crippen LogP contribution >= 0.6 is 0 Å². The Labute approximate surface area is 123 Å². The minimum absolute atomic E-state index is 0.0204. The summed E-state index contributed by atoms with van der Waals surface area (Å²) in [6.45, 7) is 2.06. The van der Waals surface area contributed by atoms with Gasteiger partial charge >= 0.3 is 0 Å². The lowest BCUT2D eigenvalue weighted by Crippen LogP contribution is -2.40. The molecule has 0 aromatic heterocycles. The van der Waals surface area contributed by atoms with Gasteiger partial charge in [0.1, 0.15) is 0 Å². The molecule has 1 aromatic carbocycles. The first-order chi connectivity index (χ1) is 10.3. The standard InChI is InChI=1S/C15H20N2O4/c18-9-12-2-1-5-17(12)8-15(19)16-7-11-3-4-13-14(6-11)21-10-20-13/h3-4,6,12,18H,1-2,5,7-10H2,(H,16,19)/t12-/m0/s1. The smallest absolute Gasteiger partial charge is 0.234 e. The van der Waals surface area contributed by atoms with Gasteiger partial charge in [0, 0.05) is 12.6 Å². The molecule has 1 amide bonds. The fourth-order valence-corrected chi connectivity index (χ4v) is 2.80. The summed E-state index contributed by atoms with van der Waals surface area (Å²) >= 11 is 0. The van der Waals surface area contributed by atoms with E-state index in [1.807, 2.05) is 23.1 Å². The van der Waals surface area contributed by atoms with Crippen molar-refractivity contribution in [2.45, 2.75) is 25.4 Å². The third-order valence-corrected chi connectivity index (χ3v) is 3.98. The van der Waals surface area contributed by atoms with E-state index in [1.54, 1.807) is 0 Å². The van der Waals surface area contributed by atoms with Crippen molar-refractivity contribution in [2.75, 3.05) is 26.5 Å². The Balaban J connectivity index is 1.49. The largest absolute Gasteiger partial charge is 0.454 e. The molecule has 1 fully saturated rings. The van der Waals surface area contributed by atoms with Crippen LogP contribution in [0.1, 0.15) is 18.4 Å². The number of benzene rings is 1. The molecular weight excluding hydrogens is 272 g/mol. The van der Waals surface area contributed by atoms with Crippen LogP contribution in [-0.2, 0) is 11.3 Å². The Hall–Kier alpha value is -1.79. The fourth-order valence-electron chi connectivity index (χ4n) is 2.80. The van der Waals surface area contributed by atoms with Gasteiger partial charge < -0.3 is 19.9 Å². The lowest BCUT2D eigenvalue weighted by molar-refractivity contribution is -0.122. The molecule has 6 nitrogen and oxygen atoms in total. The minimum atomic E-state index is -0.0204. The highest BCUT2D eigenvalue weighted by molar-refractivity contribution is 5.78. The zero-order valence-electron chi connectivity index (χ0n) is 11.9. The van der Waals surface area contributed by atoms with E-state index in [1.165, 1.54) is 0 Å². The molecule has 2 aliphatic rings. The highest BCUT2D eigenvalue weighted by atomic mass is 16.7. The van der Waals surface area contributed by atoms with Gasteiger partial charge in [-0.1, -0.05) is 6.07 Å². The summed E-state index contributed by atoms with van der Waals surface area (Å²) in [5, 5.41) is 12.2. The van der Waals surface area contributed by atoms with Crippen LogP contribution in [0.15, 0.2) is 18.2 Å². The van der Waals surface area contributed by atoms with Crippen molar-refractivity contribution in [1.82, 2.24) is 10.2 Å². The predicted molar refractivity (Wildman–Crippen MR) is 76.1 cm³/mol. The van der Waals surface area contributed by atoms with Crippen LogP contribution in [0, 0.1) is 0 Å². The second-order valence-electron chi connectivity index (χ2n) is 5.41. The molecule has 1 aromatic rings. The number of carbonyl (C=O) groups is 1. The number of ether oxygens (including phenoxy) is 2.